The van der Waals surface area contributed by atoms with Crippen LogP contribution in [0.15, 0.2) is 108 Å². The summed E-state index contributed by atoms with van der Waals surface area (Å²) >= 11 is 0. The summed E-state index contributed by atoms with van der Waals surface area (Å²) < 4.78 is 0.776. The van der Waals surface area contributed by atoms with Gasteiger partial charge in [0.05, 0.1) is 19.2 Å². The maximum atomic E-state index is 5.01. The number of nitrogens with zero attached hydrogens (tertiary/aromatic N) is 2. The SMILES string of the molecule is C[N+]12CCN=C1C(c1cc(-c3ccccc3)cc(-c3ccccc3)c1)=Cc1ccccc12. The molecule has 2 heterocycles. The van der Waals surface area contributed by atoms with Crippen LogP contribution in [0.25, 0.3) is 33.9 Å². The standard InChI is InChI=1S/C30H25N2/c1-32-17-16-31-30(32)28(21-24-14-8-9-15-29(24)32)27-19-25(22-10-4-2-5-11-22)18-26(20-27)23-12-6-3-7-13-23/h2-15,18-21H,16-17H2,1H3/q+1. The molecule has 1 unspecified atom stereocenters. The number of amidine groups is 1. The first-order chi connectivity index (χ1) is 15.7. The highest BCUT2D eigenvalue weighted by molar-refractivity contribution is 6.33. The largest absolute Gasteiger partial charge is 0.243 e. The van der Waals surface area contributed by atoms with Crippen molar-refractivity contribution in [2.24, 2.45) is 4.99 Å². The Labute approximate surface area is 189 Å². The van der Waals surface area contributed by atoms with Crippen LogP contribution in [0.4, 0.5) is 5.69 Å². The highest BCUT2D eigenvalue weighted by Crippen LogP contribution is 2.42. The molecule has 0 aromatic heterocycles. The number of aliphatic imine (C=N–C) groups is 1. The van der Waals surface area contributed by atoms with Gasteiger partial charge in [-0.3, -0.25) is 0 Å². The van der Waals surface area contributed by atoms with Gasteiger partial charge < -0.3 is 0 Å². The Bertz CT molecular complexity index is 1310. The number of fused-ring (bicyclic) bond motifs is 3. The van der Waals surface area contributed by atoms with E-state index < -0.39 is 0 Å². The van der Waals surface area contributed by atoms with Crippen molar-refractivity contribution in [2.75, 3.05) is 20.1 Å². The zero-order valence-electron chi connectivity index (χ0n) is 18.2. The Hall–Kier alpha value is -3.75. The second kappa shape index (κ2) is 7.44. The van der Waals surface area contributed by atoms with E-state index in [4.69, 9.17) is 4.99 Å². The number of quaternary nitrogens is 1. The molecule has 0 spiro atoms. The number of rotatable bonds is 3. The second-order valence-electron chi connectivity index (χ2n) is 8.77. The molecule has 0 radical (unpaired) electrons. The minimum Gasteiger partial charge on any atom is -0.243 e. The van der Waals surface area contributed by atoms with Crippen LogP contribution in [0.3, 0.4) is 0 Å². The van der Waals surface area contributed by atoms with Crippen LogP contribution in [-0.2, 0) is 0 Å². The van der Waals surface area contributed by atoms with Gasteiger partial charge in [0.25, 0.3) is 0 Å². The molecule has 2 nitrogen and oxygen atoms in total. The van der Waals surface area contributed by atoms with Gasteiger partial charge in [-0.25, -0.2) is 9.48 Å². The number of likely N-dealkylation sites (N-methyl/N-ethyl adjacent to an activating group) is 1. The number of para-hydroxylation sites is 1. The Balaban J connectivity index is 1.60. The van der Waals surface area contributed by atoms with Gasteiger partial charge in [-0.1, -0.05) is 72.8 Å². The van der Waals surface area contributed by atoms with Crippen LogP contribution in [0.5, 0.6) is 0 Å². The van der Waals surface area contributed by atoms with E-state index in [0.717, 1.165) is 17.6 Å². The van der Waals surface area contributed by atoms with Gasteiger partial charge in [-0.05, 0) is 58.2 Å². The van der Waals surface area contributed by atoms with E-state index in [0.29, 0.717) is 0 Å². The van der Waals surface area contributed by atoms with Gasteiger partial charge in [0.1, 0.15) is 12.2 Å². The number of hydrogen-bond acceptors (Lipinski definition) is 1. The molecule has 0 amide bonds. The van der Waals surface area contributed by atoms with Crippen LogP contribution in [0.1, 0.15) is 11.1 Å². The van der Waals surface area contributed by atoms with Crippen LogP contribution in [0, 0.1) is 0 Å². The van der Waals surface area contributed by atoms with Crippen LogP contribution >= 0.6 is 0 Å². The molecule has 32 heavy (non-hydrogen) atoms. The van der Waals surface area contributed by atoms with Crippen molar-refractivity contribution >= 4 is 23.2 Å². The molecule has 4 aromatic rings. The third-order valence-corrected chi connectivity index (χ3v) is 6.74. The van der Waals surface area contributed by atoms with Gasteiger partial charge in [0, 0.05) is 11.6 Å². The monoisotopic (exact) mass is 413 g/mol. The highest BCUT2D eigenvalue weighted by atomic mass is 15.4. The Morgan fingerprint density at radius 1 is 0.625 bits per heavy atom. The minimum absolute atomic E-state index is 0.776. The van der Waals surface area contributed by atoms with Crippen LogP contribution in [0.2, 0.25) is 0 Å². The molecule has 0 aliphatic carbocycles. The fourth-order valence-electron chi connectivity index (χ4n) is 5.07. The van der Waals surface area contributed by atoms with Crippen molar-refractivity contribution in [1.29, 1.82) is 0 Å². The molecule has 6 rings (SSSR count). The molecule has 2 heteroatoms. The molecule has 154 valence electrons. The highest BCUT2D eigenvalue weighted by Gasteiger charge is 2.43. The van der Waals surface area contributed by atoms with Gasteiger partial charge in [-0.2, -0.15) is 0 Å². The van der Waals surface area contributed by atoms with E-state index in [-0.39, 0.29) is 0 Å². The third kappa shape index (κ3) is 3.04. The zero-order chi connectivity index (χ0) is 21.5. The lowest BCUT2D eigenvalue weighted by atomic mass is 9.89. The fourth-order valence-corrected chi connectivity index (χ4v) is 5.07. The van der Waals surface area contributed by atoms with Crippen molar-refractivity contribution in [3.63, 3.8) is 0 Å². The lowest BCUT2D eigenvalue weighted by molar-refractivity contribution is 0.535. The van der Waals surface area contributed by atoms with Crippen molar-refractivity contribution < 1.29 is 0 Å². The molecule has 2 aliphatic heterocycles. The molecule has 0 saturated heterocycles. The van der Waals surface area contributed by atoms with Crippen LogP contribution in [-0.4, -0.2) is 26.0 Å². The maximum Gasteiger partial charge on any atom is 0.236 e. The summed E-state index contributed by atoms with van der Waals surface area (Å²) in [4.78, 5) is 5.01. The summed E-state index contributed by atoms with van der Waals surface area (Å²) in [6.45, 7) is 1.87. The normalized spacial score (nSPS) is 19.0. The van der Waals surface area contributed by atoms with Crippen molar-refractivity contribution in [3.8, 4) is 22.3 Å². The van der Waals surface area contributed by atoms with E-state index in [1.165, 1.54) is 50.5 Å². The van der Waals surface area contributed by atoms with E-state index in [1.807, 2.05) is 0 Å². The summed E-state index contributed by atoms with van der Waals surface area (Å²) in [5.41, 5.74) is 10.0. The molecule has 1 atom stereocenters. The molecule has 0 N–H and O–H groups in total. The summed E-state index contributed by atoms with van der Waals surface area (Å²) in [5.74, 6) is 1.17. The lowest BCUT2D eigenvalue weighted by Crippen LogP contribution is -2.50. The molecule has 2 aliphatic rings. The predicted molar refractivity (Wildman–Crippen MR) is 137 cm³/mol. The number of hydrogen-bond donors (Lipinski definition) is 0. The van der Waals surface area contributed by atoms with E-state index in [2.05, 4.69) is 116 Å². The van der Waals surface area contributed by atoms with Gasteiger partial charge in [0.15, 0.2) is 0 Å². The Morgan fingerprint density at radius 2 is 1.19 bits per heavy atom. The summed E-state index contributed by atoms with van der Waals surface area (Å²) in [7, 11) is 2.30. The van der Waals surface area contributed by atoms with Gasteiger partial charge in [0.2, 0.25) is 5.84 Å². The molecular formula is C30H25N2+. The zero-order valence-corrected chi connectivity index (χ0v) is 18.2. The van der Waals surface area contributed by atoms with Crippen molar-refractivity contribution in [1.82, 2.24) is 4.48 Å². The van der Waals surface area contributed by atoms with Gasteiger partial charge >= 0.3 is 0 Å². The second-order valence-corrected chi connectivity index (χ2v) is 8.77. The quantitative estimate of drug-likeness (QED) is 0.323. The Kier molecular flexibility index (Phi) is 4.41. The first-order valence-electron chi connectivity index (χ1n) is 11.2. The summed E-state index contributed by atoms with van der Waals surface area (Å²) in [5, 5.41) is 0. The fraction of sp³-hybridized carbons (Fsp3) is 0.100. The molecule has 4 aromatic carbocycles. The third-order valence-electron chi connectivity index (χ3n) is 6.74. The van der Waals surface area contributed by atoms with Crippen molar-refractivity contribution in [3.05, 3.63) is 114 Å². The first-order valence-corrected chi connectivity index (χ1v) is 11.2. The minimum atomic E-state index is 0.776. The summed E-state index contributed by atoms with van der Waals surface area (Å²) in [6, 6.07) is 37.0. The molecule has 0 fully saturated rings. The van der Waals surface area contributed by atoms with Crippen LogP contribution < -0.4 is 4.48 Å². The average molecular weight is 414 g/mol. The smallest absolute Gasteiger partial charge is 0.236 e. The first kappa shape index (κ1) is 19.0. The van der Waals surface area contributed by atoms with Crippen molar-refractivity contribution in [2.45, 2.75) is 0 Å². The van der Waals surface area contributed by atoms with Gasteiger partial charge in [-0.15, -0.1) is 0 Å². The summed E-state index contributed by atoms with van der Waals surface area (Å²) in [6.07, 6.45) is 2.33. The predicted octanol–water partition coefficient (Wildman–Crippen LogP) is 6.92. The van der Waals surface area contributed by atoms with E-state index >= 15 is 0 Å². The van der Waals surface area contributed by atoms with E-state index in [1.54, 1.807) is 0 Å². The lowest BCUT2D eigenvalue weighted by Gasteiger charge is -2.35. The van der Waals surface area contributed by atoms with E-state index in [9.17, 15) is 0 Å². The number of benzene rings is 4. The maximum absolute atomic E-state index is 5.01. The molecule has 0 saturated carbocycles. The topological polar surface area (TPSA) is 12.4 Å². The molecule has 0 bridgehead atoms. The average Bonchev–Trinajstić information content (AvgIpc) is 3.27. The Morgan fingerprint density at radius 3 is 1.84 bits per heavy atom. The molecular weight excluding hydrogens is 388 g/mol.